The molecule has 2 aromatic rings. The fourth-order valence-corrected chi connectivity index (χ4v) is 2.47. The van der Waals surface area contributed by atoms with Crippen LogP contribution in [0.2, 0.25) is 0 Å². The Hall–Kier alpha value is -2.23. The third kappa shape index (κ3) is 2.47. The van der Waals surface area contributed by atoms with Crippen LogP contribution in [0.25, 0.3) is 0 Å². The normalized spacial score (nSPS) is 13.5. The number of amides is 1. The van der Waals surface area contributed by atoms with Gasteiger partial charge in [-0.1, -0.05) is 6.07 Å². The van der Waals surface area contributed by atoms with Crippen molar-refractivity contribution in [3.63, 3.8) is 0 Å². The van der Waals surface area contributed by atoms with Gasteiger partial charge in [0.2, 0.25) is 0 Å². The largest absolute Gasteiger partial charge is 0.385 e. The Labute approximate surface area is 112 Å². The molecule has 1 amide bonds. The molecule has 0 fully saturated rings. The highest BCUT2D eigenvalue weighted by Crippen LogP contribution is 2.25. The molecule has 1 aliphatic heterocycles. The summed E-state index contributed by atoms with van der Waals surface area (Å²) in [4.78, 5) is 15.2. The van der Waals surface area contributed by atoms with Crippen molar-refractivity contribution in [3.05, 3.63) is 53.3 Å². The van der Waals surface area contributed by atoms with Gasteiger partial charge >= 0.3 is 0 Å². The predicted molar refractivity (Wildman–Crippen MR) is 75.2 cm³/mol. The molecule has 0 aliphatic carbocycles. The van der Waals surface area contributed by atoms with E-state index in [-0.39, 0.29) is 5.91 Å². The van der Waals surface area contributed by atoms with Gasteiger partial charge < -0.3 is 15.6 Å². The van der Waals surface area contributed by atoms with E-state index in [0.717, 1.165) is 41.8 Å². The number of benzene rings is 1. The van der Waals surface area contributed by atoms with Crippen molar-refractivity contribution in [2.75, 3.05) is 11.9 Å². The van der Waals surface area contributed by atoms with Crippen LogP contribution in [0.3, 0.4) is 0 Å². The number of carbonyl (C=O) groups is 1. The SMILES string of the molecule is O=C(NCc1cc[nH]c1)c1cccc2c1CCCN2. The number of hydrogen-bond acceptors (Lipinski definition) is 2. The number of nitrogens with one attached hydrogen (secondary N) is 3. The predicted octanol–water partition coefficient (Wildman–Crippen LogP) is 2.30. The molecule has 3 N–H and O–H groups in total. The summed E-state index contributed by atoms with van der Waals surface area (Å²) in [7, 11) is 0. The minimum atomic E-state index is 0.00162. The first-order valence-corrected chi connectivity index (χ1v) is 6.60. The van der Waals surface area contributed by atoms with Gasteiger partial charge in [-0.15, -0.1) is 0 Å². The maximum absolute atomic E-state index is 12.3. The number of anilines is 1. The van der Waals surface area contributed by atoms with Gasteiger partial charge in [0.15, 0.2) is 0 Å². The summed E-state index contributed by atoms with van der Waals surface area (Å²) in [5.41, 5.74) is 4.11. The number of aromatic amines is 1. The second-order valence-electron chi connectivity index (χ2n) is 4.76. The Kier molecular flexibility index (Phi) is 3.23. The molecule has 0 bridgehead atoms. The molecule has 2 heterocycles. The molecule has 1 aromatic carbocycles. The second-order valence-corrected chi connectivity index (χ2v) is 4.76. The number of H-pyrrole nitrogens is 1. The van der Waals surface area contributed by atoms with Gasteiger partial charge in [-0.2, -0.15) is 0 Å². The topological polar surface area (TPSA) is 56.9 Å². The third-order valence-electron chi connectivity index (χ3n) is 3.46. The highest BCUT2D eigenvalue weighted by molar-refractivity contribution is 5.97. The van der Waals surface area contributed by atoms with Crippen LogP contribution in [0.4, 0.5) is 5.69 Å². The third-order valence-corrected chi connectivity index (χ3v) is 3.46. The minimum Gasteiger partial charge on any atom is -0.385 e. The Balaban J connectivity index is 1.76. The van der Waals surface area contributed by atoms with E-state index >= 15 is 0 Å². The van der Waals surface area contributed by atoms with Gasteiger partial charge in [0.25, 0.3) is 5.91 Å². The Morgan fingerprint density at radius 3 is 3.11 bits per heavy atom. The second kappa shape index (κ2) is 5.18. The number of fused-ring (bicyclic) bond motifs is 1. The molecule has 0 radical (unpaired) electrons. The van der Waals surface area contributed by atoms with Crippen LogP contribution < -0.4 is 10.6 Å². The van der Waals surface area contributed by atoms with Crippen LogP contribution in [0.5, 0.6) is 0 Å². The van der Waals surface area contributed by atoms with Gasteiger partial charge in [-0.05, 0) is 42.2 Å². The lowest BCUT2D eigenvalue weighted by atomic mass is 9.97. The summed E-state index contributed by atoms with van der Waals surface area (Å²) in [5, 5.41) is 6.31. The molecule has 0 spiro atoms. The molecule has 19 heavy (non-hydrogen) atoms. The highest BCUT2D eigenvalue weighted by Gasteiger charge is 2.16. The molecule has 0 saturated heterocycles. The zero-order valence-electron chi connectivity index (χ0n) is 10.7. The van der Waals surface area contributed by atoms with Gasteiger partial charge in [-0.25, -0.2) is 0 Å². The maximum Gasteiger partial charge on any atom is 0.251 e. The molecule has 4 heteroatoms. The molecule has 0 saturated carbocycles. The molecule has 0 unspecified atom stereocenters. The van der Waals surface area contributed by atoms with E-state index in [4.69, 9.17) is 0 Å². The van der Waals surface area contributed by atoms with Crippen LogP contribution in [-0.2, 0) is 13.0 Å². The molecule has 4 nitrogen and oxygen atoms in total. The average Bonchev–Trinajstić information content (AvgIpc) is 2.97. The van der Waals surface area contributed by atoms with Crippen molar-refractivity contribution in [1.82, 2.24) is 10.3 Å². The van der Waals surface area contributed by atoms with Crippen molar-refractivity contribution >= 4 is 11.6 Å². The zero-order valence-corrected chi connectivity index (χ0v) is 10.7. The standard InChI is InChI=1S/C15H17N3O/c19-15(18-10-11-6-8-16-9-11)13-3-1-5-14-12(13)4-2-7-17-14/h1,3,5-6,8-9,16-17H,2,4,7,10H2,(H,18,19). The van der Waals surface area contributed by atoms with E-state index in [9.17, 15) is 4.79 Å². The quantitative estimate of drug-likeness (QED) is 0.788. The molecular formula is C15H17N3O. The summed E-state index contributed by atoms with van der Waals surface area (Å²) < 4.78 is 0. The van der Waals surface area contributed by atoms with Crippen molar-refractivity contribution in [2.24, 2.45) is 0 Å². The lowest BCUT2D eigenvalue weighted by Crippen LogP contribution is -2.25. The maximum atomic E-state index is 12.3. The summed E-state index contributed by atoms with van der Waals surface area (Å²) in [6.45, 7) is 1.54. The van der Waals surface area contributed by atoms with Gasteiger partial charge in [0.1, 0.15) is 0 Å². The van der Waals surface area contributed by atoms with E-state index in [1.807, 2.05) is 36.7 Å². The van der Waals surface area contributed by atoms with Crippen LogP contribution in [-0.4, -0.2) is 17.4 Å². The van der Waals surface area contributed by atoms with Crippen molar-refractivity contribution in [1.29, 1.82) is 0 Å². The minimum absolute atomic E-state index is 0.00162. The Morgan fingerprint density at radius 1 is 1.32 bits per heavy atom. The lowest BCUT2D eigenvalue weighted by Gasteiger charge is -2.20. The van der Waals surface area contributed by atoms with Crippen molar-refractivity contribution in [2.45, 2.75) is 19.4 Å². The van der Waals surface area contributed by atoms with Crippen molar-refractivity contribution in [3.8, 4) is 0 Å². The number of carbonyl (C=O) groups excluding carboxylic acids is 1. The summed E-state index contributed by atoms with van der Waals surface area (Å²) in [5.74, 6) is 0.00162. The number of aromatic nitrogens is 1. The molecule has 98 valence electrons. The van der Waals surface area contributed by atoms with Crippen LogP contribution in [0.1, 0.15) is 27.9 Å². The first kappa shape index (κ1) is 11.8. The van der Waals surface area contributed by atoms with E-state index in [1.54, 1.807) is 0 Å². The summed E-state index contributed by atoms with van der Waals surface area (Å²) in [6, 6.07) is 7.83. The smallest absolute Gasteiger partial charge is 0.251 e. The molecule has 3 rings (SSSR count). The Bertz CT molecular complexity index is 575. The summed E-state index contributed by atoms with van der Waals surface area (Å²) >= 11 is 0. The zero-order chi connectivity index (χ0) is 13.1. The van der Waals surface area contributed by atoms with Gasteiger partial charge in [0.05, 0.1) is 0 Å². The van der Waals surface area contributed by atoms with Crippen LogP contribution in [0, 0.1) is 0 Å². The molecule has 1 aliphatic rings. The van der Waals surface area contributed by atoms with Crippen LogP contribution in [0.15, 0.2) is 36.7 Å². The van der Waals surface area contributed by atoms with Crippen LogP contribution >= 0.6 is 0 Å². The van der Waals surface area contributed by atoms with E-state index in [1.165, 1.54) is 0 Å². The van der Waals surface area contributed by atoms with Gasteiger partial charge in [0, 0.05) is 36.7 Å². The lowest BCUT2D eigenvalue weighted by molar-refractivity contribution is 0.0950. The van der Waals surface area contributed by atoms with Crippen molar-refractivity contribution < 1.29 is 4.79 Å². The summed E-state index contributed by atoms with van der Waals surface area (Å²) in [6.07, 6.45) is 5.79. The Morgan fingerprint density at radius 2 is 2.26 bits per heavy atom. The first-order valence-electron chi connectivity index (χ1n) is 6.60. The number of hydrogen-bond donors (Lipinski definition) is 3. The van der Waals surface area contributed by atoms with E-state index in [0.29, 0.717) is 6.54 Å². The number of rotatable bonds is 3. The molecule has 0 atom stereocenters. The highest BCUT2D eigenvalue weighted by atomic mass is 16.1. The molecule has 1 aromatic heterocycles. The fourth-order valence-electron chi connectivity index (χ4n) is 2.47. The van der Waals surface area contributed by atoms with Gasteiger partial charge in [-0.3, -0.25) is 4.79 Å². The molecular weight excluding hydrogens is 238 g/mol. The fraction of sp³-hybridized carbons (Fsp3) is 0.267. The first-order chi connectivity index (χ1) is 9.34. The van der Waals surface area contributed by atoms with E-state index in [2.05, 4.69) is 15.6 Å². The monoisotopic (exact) mass is 255 g/mol. The average molecular weight is 255 g/mol. The van der Waals surface area contributed by atoms with E-state index < -0.39 is 0 Å².